The number of hydrogen-bond acceptors (Lipinski definition) is 3. The van der Waals surface area contributed by atoms with Gasteiger partial charge in [0, 0.05) is 19.3 Å². The van der Waals surface area contributed by atoms with Gasteiger partial charge in [-0.05, 0) is 12.5 Å². The molecule has 0 atom stereocenters. The van der Waals surface area contributed by atoms with E-state index >= 15 is 0 Å². The molecule has 4 nitrogen and oxygen atoms in total. The molecule has 1 amide bonds. The molecule has 13 heavy (non-hydrogen) atoms. The zero-order valence-electron chi connectivity index (χ0n) is 7.23. The average Bonchev–Trinajstić information content (AvgIpc) is 2.01. The van der Waals surface area contributed by atoms with E-state index in [1.165, 1.54) is 12.6 Å². The molecule has 1 aliphatic rings. The fraction of sp³-hybridized carbons (Fsp3) is 0.333. The SMILES string of the molecule is NC(=O)c1cncc(N2CCC2)c1. The molecule has 0 aromatic carbocycles. The van der Waals surface area contributed by atoms with Crippen LogP contribution < -0.4 is 10.6 Å². The zero-order valence-corrected chi connectivity index (χ0v) is 7.23. The zero-order chi connectivity index (χ0) is 9.26. The molecule has 1 aromatic rings. The quantitative estimate of drug-likeness (QED) is 0.711. The Hall–Kier alpha value is -1.58. The Kier molecular flexibility index (Phi) is 1.88. The Balaban J connectivity index is 2.26. The van der Waals surface area contributed by atoms with Crippen LogP contribution in [-0.2, 0) is 0 Å². The van der Waals surface area contributed by atoms with E-state index in [9.17, 15) is 4.79 Å². The second-order valence-electron chi connectivity index (χ2n) is 3.14. The van der Waals surface area contributed by atoms with E-state index in [0.29, 0.717) is 5.56 Å². The third-order valence-corrected chi connectivity index (χ3v) is 2.23. The van der Waals surface area contributed by atoms with Crippen LogP contribution in [0.5, 0.6) is 0 Å². The Bertz CT molecular complexity index is 333. The normalized spacial score (nSPS) is 15.2. The van der Waals surface area contributed by atoms with E-state index in [1.54, 1.807) is 12.3 Å². The molecule has 2 rings (SSSR count). The first-order chi connectivity index (χ1) is 6.27. The Labute approximate surface area is 76.4 Å². The molecule has 0 unspecified atom stereocenters. The molecular weight excluding hydrogens is 166 g/mol. The number of rotatable bonds is 2. The summed E-state index contributed by atoms with van der Waals surface area (Å²) in [6.07, 6.45) is 4.46. The van der Waals surface area contributed by atoms with Crippen LogP contribution in [0.4, 0.5) is 5.69 Å². The molecule has 0 spiro atoms. The second-order valence-corrected chi connectivity index (χ2v) is 3.14. The van der Waals surface area contributed by atoms with E-state index in [1.807, 2.05) is 0 Å². The Morgan fingerprint density at radius 3 is 2.77 bits per heavy atom. The third kappa shape index (κ3) is 1.47. The predicted octanol–water partition coefficient (Wildman–Crippen LogP) is 0.391. The van der Waals surface area contributed by atoms with Crippen LogP contribution in [0.1, 0.15) is 16.8 Å². The minimum Gasteiger partial charge on any atom is -0.370 e. The summed E-state index contributed by atoms with van der Waals surface area (Å²) in [4.78, 5) is 17.0. The number of primary amides is 1. The van der Waals surface area contributed by atoms with Crippen molar-refractivity contribution >= 4 is 11.6 Å². The lowest BCUT2D eigenvalue weighted by Gasteiger charge is -2.32. The highest BCUT2D eigenvalue weighted by Crippen LogP contribution is 2.19. The molecule has 2 heterocycles. The topological polar surface area (TPSA) is 59.2 Å². The van der Waals surface area contributed by atoms with Crippen molar-refractivity contribution in [1.29, 1.82) is 0 Å². The highest BCUT2D eigenvalue weighted by atomic mass is 16.1. The molecule has 4 heteroatoms. The highest BCUT2D eigenvalue weighted by molar-refractivity contribution is 5.93. The van der Waals surface area contributed by atoms with Crippen molar-refractivity contribution in [3.8, 4) is 0 Å². The van der Waals surface area contributed by atoms with Gasteiger partial charge < -0.3 is 10.6 Å². The fourth-order valence-corrected chi connectivity index (χ4v) is 1.31. The van der Waals surface area contributed by atoms with Gasteiger partial charge in [0.2, 0.25) is 5.91 Å². The van der Waals surface area contributed by atoms with Crippen molar-refractivity contribution in [1.82, 2.24) is 4.98 Å². The monoisotopic (exact) mass is 177 g/mol. The first-order valence-electron chi connectivity index (χ1n) is 4.27. The molecule has 0 saturated carbocycles. The summed E-state index contributed by atoms with van der Waals surface area (Å²) in [5, 5.41) is 0. The van der Waals surface area contributed by atoms with E-state index in [4.69, 9.17) is 5.73 Å². The lowest BCUT2D eigenvalue weighted by molar-refractivity contribution is 0.1000. The van der Waals surface area contributed by atoms with Gasteiger partial charge in [-0.2, -0.15) is 0 Å². The first kappa shape index (κ1) is 8.04. The van der Waals surface area contributed by atoms with Crippen molar-refractivity contribution in [3.63, 3.8) is 0 Å². The number of amides is 1. The van der Waals surface area contributed by atoms with Gasteiger partial charge in [-0.1, -0.05) is 0 Å². The molecule has 0 aliphatic carbocycles. The average molecular weight is 177 g/mol. The summed E-state index contributed by atoms with van der Waals surface area (Å²) in [5.41, 5.74) is 6.61. The largest absolute Gasteiger partial charge is 0.370 e. The van der Waals surface area contributed by atoms with Crippen LogP contribution in [0.3, 0.4) is 0 Å². The van der Waals surface area contributed by atoms with Crippen LogP contribution >= 0.6 is 0 Å². The third-order valence-electron chi connectivity index (χ3n) is 2.23. The Morgan fingerprint density at radius 1 is 1.46 bits per heavy atom. The number of aromatic nitrogens is 1. The van der Waals surface area contributed by atoms with Gasteiger partial charge in [0.15, 0.2) is 0 Å². The number of carbonyl (C=O) groups is 1. The van der Waals surface area contributed by atoms with Crippen LogP contribution in [0, 0.1) is 0 Å². The number of nitrogens with two attached hydrogens (primary N) is 1. The summed E-state index contributed by atoms with van der Waals surface area (Å²) in [7, 11) is 0. The van der Waals surface area contributed by atoms with E-state index < -0.39 is 5.91 Å². The summed E-state index contributed by atoms with van der Waals surface area (Å²) in [5.74, 6) is -0.421. The van der Waals surface area contributed by atoms with Gasteiger partial charge in [-0.25, -0.2) is 0 Å². The summed E-state index contributed by atoms with van der Waals surface area (Å²) in [6, 6.07) is 1.79. The predicted molar refractivity (Wildman–Crippen MR) is 49.6 cm³/mol. The van der Waals surface area contributed by atoms with Gasteiger partial charge in [-0.3, -0.25) is 9.78 Å². The van der Waals surface area contributed by atoms with Gasteiger partial charge in [0.25, 0.3) is 0 Å². The molecule has 0 bridgehead atoms. The Morgan fingerprint density at radius 2 is 2.23 bits per heavy atom. The first-order valence-corrected chi connectivity index (χ1v) is 4.27. The molecule has 2 N–H and O–H groups in total. The van der Waals surface area contributed by atoms with Crippen LogP contribution in [0.25, 0.3) is 0 Å². The second kappa shape index (κ2) is 3.05. The maximum Gasteiger partial charge on any atom is 0.250 e. The number of nitrogens with zero attached hydrogens (tertiary/aromatic N) is 2. The van der Waals surface area contributed by atoms with Crippen molar-refractivity contribution in [2.45, 2.75) is 6.42 Å². The number of anilines is 1. The van der Waals surface area contributed by atoms with E-state index in [-0.39, 0.29) is 0 Å². The molecule has 1 fully saturated rings. The molecule has 1 saturated heterocycles. The minimum atomic E-state index is -0.421. The van der Waals surface area contributed by atoms with Crippen LogP contribution in [-0.4, -0.2) is 24.0 Å². The highest BCUT2D eigenvalue weighted by Gasteiger charge is 2.15. The fourth-order valence-electron chi connectivity index (χ4n) is 1.31. The summed E-state index contributed by atoms with van der Waals surface area (Å²) < 4.78 is 0. The number of hydrogen-bond donors (Lipinski definition) is 1. The molecule has 1 aliphatic heterocycles. The lowest BCUT2D eigenvalue weighted by Crippen LogP contribution is -2.37. The molecule has 1 aromatic heterocycles. The van der Waals surface area contributed by atoms with Crippen LogP contribution in [0.2, 0.25) is 0 Å². The molecular formula is C9H11N3O. The van der Waals surface area contributed by atoms with E-state index in [2.05, 4.69) is 9.88 Å². The maximum atomic E-state index is 10.8. The van der Waals surface area contributed by atoms with Crippen molar-refractivity contribution in [3.05, 3.63) is 24.0 Å². The van der Waals surface area contributed by atoms with Crippen molar-refractivity contribution in [2.75, 3.05) is 18.0 Å². The summed E-state index contributed by atoms with van der Waals surface area (Å²) in [6.45, 7) is 2.09. The maximum absolute atomic E-state index is 10.8. The van der Waals surface area contributed by atoms with Crippen molar-refractivity contribution < 1.29 is 4.79 Å². The lowest BCUT2D eigenvalue weighted by atomic mass is 10.1. The van der Waals surface area contributed by atoms with E-state index in [0.717, 1.165) is 18.8 Å². The number of carbonyl (C=O) groups excluding carboxylic acids is 1. The van der Waals surface area contributed by atoms with Gasteiger partial charge >= 0.3 is 0 Å². The standard InChI is InChI=1S/C9H11N3O/c10-9(13)7-4-8(6-11-5-7)12-2-1-3-12/h4-6H,1-3H2,(H2,10,13). The number of pyridine rings is 1. The van der Waals surface area contributed by atoms with Gasteiger partial charge in [-0.15, -0.1) is 0 Å². The van der Waals surface area contributed by atoms with Gasteiger partial charge in [0.05, 0.1) is 17.4 Å². The van der Waals surface area contributed by atoms with Gasteiger partial charge in [0.1, 0.15) is 0 Å². The summed E-state index contributed by atoms with van der Waals surface area (Å²) >= 11 is 0. The molecule has 68 valence electrons. The van der Waals surface area contributed by atoms with Crippen molar-refractivity contribution in [2.24, 2.45) is 5.73 Å². The van der Waals surface area contributed by atoms with Crippen LogP contribution in [0.15, 0.2) is 18.5 Å². The molecule has 0 radical (unpaired) electrons. The minimum absolute atomic E-state index is 0.421. The smallest absolute Gasteiger partial charge is 0.250 e.